The lowest BCUT2D eigenvalue weighted by atomic mass is 10.3. The third kappa shape index (κ3) is 2.80. The molecule has 0 bridgehead atoms. The van der Waals surface area contributed by atoms with Crippen molar-refractivity contribution in [1.82, 2.24) is 25.2 Å². The van der Waals surface area contributed by atoms with E-state index in [1.807, 2.05) is 0 Å². The monoisotopic (exact) mass is 237 g/mol. The van der Waals surface area contributed by atoms with Gasteiger partial charge in [-0.15, -0.1) is 0 Å². The number of carbonyl (C=O) groups is 2. The molecule has 0 saturated carbocycles. The summed E-state index contributed by atoms with van der Waals surface area (Å²) in [6.07, 6.45) is 4.10. The summed E-state index contributed by atoms with van der Waals surface area (Å²) in [7, 11) is 0. The maximum absolute atomic E-state index is 11.7. The number of aromatic nitrogens is 3. The summed E-state index contributed by atoms with van der Waals surface area (Å²) in [6, 6.07) is 0.145. The van der Waals surface area contributed by atoms with Crippen molar-refractivity contribution in [3.8, 4) is 0 Å². The minimum absolute atomic E-state index is 0.0603. The number of amides is 2. The number of nitrogens with zero attached hydrogens (tertiary/aromatic N) is 4. The van der Waals surface area contributed by atoms with Crippen LogP contribution < -0.4 is 5.32 Å². The van der Waals surface area contributed by atoms with E-state index < -0.39 is 0 Å². The zero-order valence-corrected chi connectivity index (χ0v) is 9.67. The highest BCUT2D eigenvalue weighted by molar-refractivity contribution is 5.83. The van der Waals surface area contributed by atoms with Gasteiger partial charge in [0.05, 0.1) is 25.0 Å². The van der Waals surface area contributed by atoms with Crippen molar-refractivity contribution in [1.29, 1.82) is 0 Å². The summed E-state index contributed by atoms with van der Waals surface area (Å²) in [6.45, 7) is 2.75. The molecule has 1 fully saturated rings. The molecule has 0 unspecified atom stereocenters. The zero-order chi connectivity index (χ0) is 12.3. The molecule has 17 heavy (non-hydrogen) atoms. The molecular weight excluding hydrogens is 222 g/mol. The lowest BCUT2D eigenvalue weighted by Crippen LogP contribution is -2.38. The van der Waals surface area contributed by atoms with Gasteiger partial charge in [0.25, 0.3) is 0 Å². The molecule has 2 amide bonds. The fourth-order valence-electron chi connectivity index (χ4n) is 1.88. The van der Waals surface area contributed by atoms with Crippen molar-refractivity contribution in [2.45, 2.75) is 19.4 Å². The lowest BCUT2D eigenvalue weighted by molar-refractivity contribution is -0.131. The van der Waals surface area contributed by atoms with E-state index in [9.17, 15) is 9.59 Å². The molecule has 92 valence electrons. The smallest absolute Gasteiger partial charge is 0.242 e. The van der Waals surface area contributed by atoms with E-state index in [0.717, 1.165) is 6.42 Å². The van der Waals surface area contributed by atoms with Crippen LogP contribution in [0.25, 0.3) is 0 Å². The SMILES string of the molecule is CC(=O)NCC(=O)N1CC[C@@H](n2nccn2)C1. The van der Waals surface area contributed by atoms with Gasteiger partial charge in [-0.1, -0.05) is 0 Å². The number of hydrogen-bond donors (Lipinski definition) is 1. The van der Waals surface area contributed by atoms with Crippen LogP contribution in [0.4, 0.5) is 0 Å². The molecule has 1 N–H and O–H groups in total. The van der Waals surface area contributed by atoms with Crippen LogP contribution in [-0.4, -0.2) is 51.3 Å². The van der Waals surface area contributed by atoms with E-state index in [1.165, 1.54) is 6.92 Å². The Morgan fingerprint density at radius 2 is 2.12 bits per heavy atom. The fraction of sp³-hybridized carbons (Fsp3) is 0.600. The van der Waals surface area contributed by atoms with Crippen molar-refractivity contribution >= 4 is 11.8 Å². The first-order valence-corrected chi connectivity index (χ1v) is 5.55. The third-order valence-corrected chi connectivity index (χ3v) is 2.77. The molecule has 1 atom stereocenters. The van der Waals surface area contributed by atoms with Crippen LogP contribution in [0.15, 0.2) is 12.4 Å². The molecule has 0 aromatic carbocycles. The molecule has 1 aliphatic heterocycles. The Bertz CT molecular complexity index is 403. The molecule has 7 nitrogen and oxygen atoms in total. The molecular formula is C10H15N5O2. The first-order chi connectivity index (χ1) is 8.16. The Morgan fingerprint density at radius 1 is 1.41 bits per heavy atom. The van der Waals surface area contributed by atoms with E-state index in [4.69, 9.17) is 0 Å². The van der Waals surface area contributed by atoms with Crippen LogP contribution in [0.3, 0.4) is 0 Å². The molecule has 2 heterocycles. The van der Waals surface area contributed by atoms with Gasteiger partial charge < -0.3 is 10.2 Å². The van der Waals surface area contributed by atoms with Crippen LogP contribution in [0.2, 0.25) is 0 Å². The van der Waals surface area contributed by atoms with Crippen molar-refractivity contribution in [2.75, 3.05) is 19.6 Å². The van der Waals surface area contributed by atoms with Crippen LogP contribution in [0.1, 0.15) is 19.4 Å². The average Bonchev–Trinajstić information content (AvgIpc) is 2.94. The summed E-state index contributed by atoms with van der Waals surface area (Å²) in [4.78, 5) is 25.8. The molecule has 0 aliphatic carbocycles. The number of rotatable bonds is 3. The van der Waals surface area contributed by atoms with Gasteiger partial charge in [-0.2, -0.15) is 15.0 Å². The first kappa shape index (κ1) is 11.6. The van der Waals surface area contributed by atoms with Gasteiger partial charge in [0.1, 0.15) is 0 Å². The number of carbonyl (C=O) groups excluding carboxylic acids is 2. The maximum atomic E-state index is 11.7. The van der Waals surface area contributed by atoms with Gasteiger partial charge >= 0.3 is 0 Å². The number of likely N-dealkylation sites (tertiary alicyclic amines) is 1. The molecule has 1 aromatic rings. The molecule has 0 spiro atoms. The largest absolute Gasteiger partial charge is 0.347 e. The predicted molar refractivity (Wildman–Crippen MR) is 58.9 cm³/mol. The van der Waals surface area contributed by atoms with Gasteiger partial charge in [-0.25, -0.2) is 0 Å². The fourth-order valence-corrected chi connectivity index (χ4v) is 1.88. The molecule has 1 aromatic heterocycles. The van der Waals surface area contributed by atoms with Gasteiger partial charge in [-0.3, -0.25) is 9.59 Å². The van der Waals surface area contributed by atoms with Crippen LogP contribution in [-0.2, 0) is 9.59 Å². The highest BCUT2D eigenvalue weighted by Gasteiger charge is 2.28. The van der Waals surface area contributed by atoms with E-state index in [-0.39, 0.29) is 24.4 Å². The Morgan fingerprint density at radius 3 is 2.76 bits per heavy atom. The number of hydrogen-bond acceptors (Lipinski definition) is 4. The van der Waals surface area contributed by atoms with Gasteiger partial charge in [-0.05, 0) is 6.42 Å². The minimum Gasteiger partial charge on any atom is -0.347 e. The zero-order valence-electron chi connectivity index (χ0n) is 9.67. The third-order valence-electron chi connectivity index (χ3n) is 2.77. The van der Waals surface area contributed by atoms with Crippen molar-refractivity contribution in [3.63, 3.8) is 0 Å². The molecule has 1 saturated heterocycles. The Hall–Kier alpha value is -1.92. The second-order valence-electron chi connectivity index (χ2n) is 4.04. The van der Waals surface area contributed by atoms with Crippen LogP contribution in [0.5, 0.6) is 0 Å². The summed E-state index contributed by atoms with van der Waals surface area (Å²) in [5.74, 6) is -0.252. The van der Waals surface area contributed by atoms with Crippen LogP contribution >= 0.6 is 0 Å². The topological polar surface area (TPSA) is 80.1 Å². The Kier molecular flexibility index (Phi) is 3.36. The lowest BCUT2D eigenvalue weighted by Gasteiger charge is -2.16. The Labute approximate surface area is 98.8 Å². The van der Waals surface area contributed by atoms with Gasteiger partial charge in [0, 0.05) is 20.0 Å². The van der Waals surface area contributed by atoms with Crippen LogP contribution in [0, 0.1) is 0 Å². The molecule has 2 rings (SSSR count). The second kappa shape index (κ2) is 4.94. The van der Waals surface area contributed by atoms with Gasteiger partial charge in [0.15, 0.2) is 0 Å². The summed E-state index contributed by atoms with van der Waals surface area (Å²) >= 11 is 0. The summed E-state index contributed by atoms with van der Waals surface area (Å²) in [5, 5.41) is 10.6. The normalized spacial score (nSPS) is 19.4. The summed E-state index contributed by atoms with van der Waals surface area (Å²) in [5.41, 5.74) is 0. The van der Waals surface area contributed by atoms with Crippen molar-refractivity contribution < 1.29 is 9.59 Å². The Balaban J connectivity index is 1.85. The molecule has 0 radical (unpaired) electrons. The highest BCUT2D eigenvalue weighted by atomic mass is 16.2. The van der Waals surface area contributed by atoms with E-state index in [2.05, 4.69) is 15.5 Å². The summed E-state index contributed by atoms with van der Waals surface area (Å²) < 4.78 is 0. The second-order valence-corrected chi connectivity index (χ2v) is 4.04. The van der Waals surface area contributed by atoms with Gasteiger partial charge in [0.2, 0.25) is 11.8 Å². The van der Waals surface area contributed by atoms with E-state index >= 15 is 0 Å². The highest BCUT2D eigenvalue weighted by Crippen LogP contribution is 2.19. The van der Waals surface area contributed by atoms with E-state index in [1.54, 1.807) is 22.1 Å². The van der Waals surface area contributed by atoms with E-state index in [0.29, 0.717) is 13.1 Å². The number of nitrogens with one attached hydrogen (secondary N) is 1. The van der Waals surface area contributed by atoms with Crippen molar-refractivity contribution in [2.24, 2.45) is 0 Å². The predicted octanol–water partition coefficient (Wildman–Crippen LogP) is -0.812. The maximum Gasteiger partial charge on any atom is 0.242 e. The standard InChI is InChI=1S/C10H15N5O2/c1-8(16)11-6-10(17)14-5-2-9(7-14)15-12-3-4-13-15/h3-4,9H,2,5-7H2,1H3,(H,11,16)/t9-/m1/s1. The molecule has 7 heteroatoms. The molecule has 1 aliphatic rings. The quantitative estimate of drug-likeness (QED) is 0.745. The average molecular weight is 237 g/mol. The minimum atomic E-state index is -0.192. The first-order valence-electron chi connectivity index (χ1n) is 5.55. The van der Waals surface area contributed by atoms with Crippen molar-refractivity contribution in [3.05, 3.63) is 12.4 Å².